The fourth-order valence-electron chi connectivity index (χ4n) is 13.2. The first-order chi connectivity index (χ1) is 58.6. The van der Waals surface area contributed by atoms with Gasteiger partial charge >= 0.3 is 52.6 Å². The van der Waals surface area contributed by atoms with Gasteiger partial charge in [-0.15, -0.1) is 0 Å². The van der Waals surface area contributed by atoms with Crippen molar-refractivity contribution in [3.8, 4) is 34.5 Å². The second kappa shape index (κ2) is 84.2. The predicted molar refractivity (Wildman–Crippen MR) is 471 cm³/mol. The van der Waals surface area contributed by atoms with Crippen molar-refractivity contribution in [1.29, 1.82) is 0 Å². The number of hydrogen-bond acceptors (Lipinski definition) is 22. The van der Waals surface area contributed by atoms with E-state index in [9.17, 15) is 48.6 Å². The summed E-state index contributed by atoms with van der Waals surface area (Å²) in [6.07, 6.45) is 64.0. The Morgan fingerprint density at radius 2 is 0.314 bits per heavy atom. The molecule has 0 saturated carbocycles. The van der Waals surface area contributed by atoms with Gasteiger partial charge < -0.3 is 76.6 Å². The molecule has 0 bridgehead atoms. The first-order valence-electron chi connectivity index (χ1n) is 45.9. The molecule has 0 amide bonds. The average molecular weight is 1740 g/mol. The maximum Gasteiger partial charge on any atom is 2.00 e. The van der Waals surface area contributed by atoms with E-state index < -0.39 is 11.9 Å². The average Bonchev–Trinajstić information content (AvgIpc) is 0.824. The van der Waals surface area contributed by atoms with Crippen molar-refractivity contribution < 1.29 is 122 Å². The summed E-state index contributed by atoms with van der Waals surface area (Å²) >= 11 is 0. The Labute approximate surface area is 737 Å². The quantitative estimate of drug-likeness (QED) is 0.0257. The number of carboxylic acids is 2. The molecule has 0 spiro atoms. The zero-order chi connectivity index (χ0) is 87.5. The minimum Gasteiger partial charge on any atom is -0.545 e. The van der Waals surface area contributed by atoms with E-state index in [1.54, 1.807) is 0 Å². The molecule has 2 aromatic rings. The molecule has 22 nitrogen and oxygen atoms in total. The number of rotatable bonds is 86. The number of esters is 6. The van der Waals surface area contributed by atoms with Gasteiger partial charge in [-0.25, -0.2) is 28.8 Å². The van der Waals surface area contributed by atoms with Crippen molar-refractivity contribution in [2.75, 3.05) is 79.3 Å². The molecule has 0 aliphatic rings. The van der Waals surface area contributed by atoms with Crippen LogP contribution in [0.5, 0.6) is 34.5 Å². The van der Waals surface area contributed by atoms with E-state index in [0.717, 1.165) is 334 Å². The fraction of sp³-hybridized carbons (Fsp3) is 0.673. The molecule has 0 saturated heterocycles. The third kappa shape index (κ3) is 69.1. The van der Waals surface area contributed by atoms with Gasteiger partial charge in [0.1, 0.15) is 0 Å². The molecular formula is C98H154CoO22. The first-order valence-corrected chi connectivity index (χ1v) is 45.9. The normalized spacial score (nSPS) is 10.6. The van der Waals surface area contributed by atoms with E-state index in [1.807, 2.05) is 0 Å². The summed E-state index contributed by atoms with van der Waals surface area (Å²) in [7, 11) is 0. The minimum atomic E-state index is -1.29. The van der Waals surface area contributed by atoms with E-state index in [-0.39, 0.29) is 63.7 Å². The van der Waals surface area contributed by atoms with Crippen LogP contribution < -0.4 is 38.6 Å². The van der Waals surface area contributed by atoms with Crippen molar-refractivity contribution in [2.45, 2.75) is 347 Å². The molecule has 2 aromatic carbocycles. The van der Waals surface area contributed by atoms with Crippen LogP contribution in [-0.2, 0) is 74.0 Å². The summed E-state index contributed by atoms with van der Waals surface area (Å²) < 4.78 is 67.5. The summed E-state index contributed by atoms with van der Waals surface area (Å²) in [4.78, 5) is 90.7. The number of unbranched alkanes of at least 4 members (excludes halogenated alkanes) is 48. The third-order valence-electron chi connectivity index (χ3n) is 20.2. The molecule has 0 fully saturated rings. The summed E-state index contributed by atoms with van der Waals surface area (Å²) in [5.41, 5.74) is 0.00530. The fourth-order valence-corrected chi connectivity index (χ4v) is 13.2. The molecule has 0 atom stereocenters. The van der Waals surface area contributed by atoms with Crippen molar-refractivity contribution in [3.05, 3.63) is 111 Å². The second-order valence-corrected chi connectivity index (χ2v) is 30.6. The van der Waals surface area contributed by atoms with Gasteiger partial charge in [-0.2, -0.15) is 0 Å². The van der Waals surface area contributed by atoms with Crippen molar-refractivity contribution >= 4 is 47.8 Å². The molecule has 0 aliphatic carbocycles. The van der Waals surface area contributed by atoms with Gasteiger partial charge in [0.25, 0.3) is 0 Å². The molecule has 2 rings (SSSR count). The Morgan fingerprint density at radius 1 is 0.198 bits per heavy atom. The number of benzene rings is 2. The number of aromatic carboxylic acids is 2. The third-order valence-corrected chi connectivity index (χ3v) is 20.2. The van der Waals surface area contributed by atoms with Gasteiger partial charge in [-0.1, -0.05) is 309 Å². The van der Waals surface area contributed by atoms with Crippen LogP contribution in [0.15, 0.2) is 100 Å². The van der Waals surface area contributed by atoms with Crippen LogP contribution in [-0.4, -0.2) is 127 Å². The molecular weight excluding hydrogens is 1590 g/mol. The van der Waals surface area contributed by atoms with Crippen LogP contribution >= 0.6 is 0 Å². The molecule has 1 radical (unpaired) electrons. The number of carboxylic acid groups (broad SMARTS) is 2. The minimum absolute atomic E-state index is 0. The molecule has 687 valence electrons. The first kappa shape index (κ1) is 113. The van der Waals surface area contributed by atoms with Crippen LogP contribution in [0.3, 0.4) is 0 Å². The maximum absolute atomic E-state index is 12.0. The van der Waals surface area contributed by atoms with Crippen molar-refractivity contribution in [2.24, 2.45) is 0 Å². The summed E-state index contributed by atoms with van der Waals surface area (Å²) in [5.74, 6) is -2.35. The second-order valence-electron chi connectivity index (χ2n) is 30.6. The Morgan fingerprint density at radius 3 is 0.438 bits per heavy atom. The number of ether oxygens (including phenoxy) is 12. The topological polar surface area (TPSA) is 293 Å². The molecule has 0 unspecified atom stereocenters. The van der Waals surface area contributed by atoms with E-state index >= 15 is 0 Å². The smallest absolute Gasteiger partial charge is 0.545 e. The van der Waals surface area contributed by atoms with Crippen LogP contribution in [0.4, 0.5) is 0 Å². The maximum atomic E-state index is 12.0. The van der Waals surface area contributed by atoms with Gasteiger partial charge in [0, 0.05) is 47.6 Å². The number of carbonyl (C=O) groups is 8. The molecule has 0 heterocycles. The van der Waals surface area contributed by atoms with Crippen molar-refractivity contribution in [1.82, 2.24) is 0 Å². The molecule has 121 heavy (non-hydrogen) atoms. The van der Waals surface area contributed by atoms with Crippen molar-refractivity contribution in [3.63, 3.8) is 0 Å². The molecule has 0 N–H and O–H groups in total. The Hall–Kier alpha value is -8.05. The Kier molecular flexibility index (Phi) is 78.6. The van der Waals surface area contributed by atoms with Gasteiger partial charge in [0.15, 0.2) is 23.0 Å². The zero-order valence-corrected chi connectivity index (χ0v) is 75.0. The molecule has 0 aromatic heterocycles. The van der Waals surface area contributed by atoms with E-state index in [1.165, 1.54) is 73.6 Å². The van der Waals surface area contributed by atoms with Gasteiger partial charge in [0.05, 0.1) is 91.2 Å². The van der Waals surface area contributed by atoms with Crippen LogP contribution in [0.25, 0.3) is 0 Å². The van der Waals surface area contributed by atoms with Crippen LogP contribution in [0.2, 0.25) is 0 Å². The number of carbonyl (C=O) groups excluding carboxylic acids is 8. The monoisotopic (exact) mass is 1740 g/mol. The van der Waals surface area contributed by atoms with Crippen LogP contribution in [0, 0.1) is 0 Å². The van der Waals surface area contributed by atoms with Gasteiger partial charge in [0.2, 0.25) is 11.5 Å². The molecule has 23 heteroatoms. The zero-order valence-electron chi connectivity index (χ0n) is 74.0. The summed E-state index contributed by atoms with van der Waals surface area (Å²) in [5, 5.41) is 24.0. The standard InChI is InChI=1S/2C49H78O11.Co/c2*1-4-45(50)57-36-30-24-18-12-7-10-16-22-28-34-55-43-40-42(49(53)54)41-44(56-35-29-23-17-11-8-13-19-25-31-37-58-46(51)5-2)48(43)60-39-33-27-21-15-9-14-20-26-32-38-59-47(52)6-3;/h2*4-6,40-41H,1-3,7-39H2,(H,53,54);/q;;+2/p-2. The Bertz CT molecular complexity index is 2720. The van der Waals surface area contributed by atoms with Crippen LogP contribution in [0.1, 0.15) is 367 Å². The SMILES string of the molecule is C=CC(=O)OCCCCCCCCCCCOc1cc(C(=O)[O-])cc(OCCCCCCCCCCCOC(=O)C=C)c1OCCCCCCCCCCCOC(=O)C=C.C=CC(=O)OCCCCCCCCCCCOc1cc(C(=O)[O-])cc(OCCCCCCCCCCCOC(=O)C=C)c1OCCCCCCCCCCCOC(=O)C=C.[Co+2]. The summed E-state index contributed by atoms with van der Waals surface area (Å²) in [6, 6.07) is 5.97. The number of hydrogen-bond donors (Lipinski definition) is 0. The predicted octanol–water partition coefficient (Wildman–Crippen LogP) is 21.8. The van der Waals surface area contributed by atoms with Gasteiger partial charge in [-0.05, 0) is 101 Å². The van der Waals surface area contributed by atoms with E-state index in [2.05, 4.69) is 39.5 Å². The van der Waals surface area contributed by atoms with E-state index in [0.29, 0.717) is 114 Å². The molecule has 0 aliphatic heterocycles. The van der Waals surface area contributed by atoms with E-state index in [4.69, 9.17) is 56.8 Å². The largest absolute Gasteiger partial charge is 2.00 e. The summed E-state index contributed by atoms with van der Waals surface area (Å²) in [6.45, 7) is 25.8. The Balaban J connectivity index is 0.00000236. The van der Waals surface area contributed by atoms with Gasteiger partial charge in [-0.3, -0.25) is 0 Å².